The van der Waals surface area contributed by atoms with Crippen LogP contribution in [0.4, 0.5) is 0 Å². The van der Waals surface area contributed by atoms with Crippen molar-refractivity contribution < 1.29 is 39.1 Å². The molecule has 3 aliphatic rings. The van der Waals surface area contributed by atoms with E-state index in [0.717, 1.165) is 22.3 Å². The molecular formula is C46H71N3O8. The zero-order chi connectivity index (χ0) is 42.5. The molecule has 0 radical (unpaired) electrons. The lowest BCUT2D eigenvalue weighted by atomic mass is 9.85. The molecule has 7 unspecified atom stereocenters. The third kappa shape index (κ3) is 15.5. The Kier molecular flexibility index (Phi) is 18.8. The van der Waals surface area contributed by atoms with Crippen molar-refractivity contribution in [2.45, 2.75) is 135 Å². The van der Waals surface area contributed by atoms with Crippen LogP contribution in [0.25, 0.3) is 0 Å². The number of carbonyl (C=O) groups is 1. The van der Waals surface area contributed by atoms with Gasteiger partial charge in [-0.3, -0.25) is 4.79 Å². The molecule has 11 atom stereocenters. The molecule has 2 saturated heterocycles. The number of hydrogen-bond donors (Lipinski definition) is 5. The summed E-state index contributed by atoms with van der Waals surface area (Å²) in [6.07, 6.45) is 22.0. The topological polar surface area (TPSA) is 156 Å². The van der Waals surface area contributed by atoms with Crippen LogP contribution in [0.15, 0.2) is 107 Å². The zero-order valence-electron chi connectivity index (χ0n) is 36.1. The van der Waals surface area contributed by atoms with Gasteiger partial charge in [-0.2, -0.15) is 0 Å². The van der Waals surface area contributed by atoms with Crippen LogP contribution in [-0.2, 0) is 23.7 Å². The number of carbonyl (C=O) groups excluding carboxylic acids is 1. The fourth-order valence-corrected chi connectivity index (χ4v) is 7.46. The van der Waals surface area contributed by atoms with Gasteiger partial charge in [0.2, 0.25) is 5.91 Å². The van der Waals surface area contributed by atoms with Gasteiger partial charge in [-0.25, -0.2) is 0 Å². The van der Waals surface area contributed by atoms with Crippen molar-refractivity contribution >= 4 is 5.91 Å². The van der Waals surface area contributed by atoms with Gasteiger partial charge in [-0.05, 0) is 73.9 Å². The van der Waals surface area contributed by atoms with Gasteiger partial charge in [0, 0.05) is 18.5 Å². The minimum atomic E-state index is -1.53. The predicted molar refractivity (Wildman–Crippen MR) is 228 cm³/mol. The maximum Gasteiger partial charge on any atom is 0.247 e. The lowest BCUT2D eigenvalue weighted by Crippen LogP contribution is -2.63. The molecule has 0 aromatic carbocycles. The molecule has 1 amide bonds. The molecule has 11 heteroatoms. The Hall–Kier alpha value is -3.23. The van der Waals surface area contributed by atoms with Crippen molar-refractivity contribution in [2.75, 3.05) is 27.2 Å². The highest BCUT2D eigenvalue weighted by Crippen LogP contribution is 2.34. The second-order valence-corrected chi connectivity index (χ2v) is 17.0. The van der Waals surface area contributed by atoms with E-state index >= 15 is 0 Å². The molecule has 3 aliphatic heterocycles. The van der Waals surface area contributed by atoms with Crippen LogP contribution in [0.1, 0.15) is 75.2 Å². The predicted octanol–water partition coefficient (Wildman–Crippen LogP) is 5.73. The average molecular weight is 794 g/mol. The van der Waals surface area contributed by atoms with E-state index in [1.807, 2.05) is 95.3 Å². The van der Waals surface area contributed by atoms with Crippen molar-refractivity contribution in [3.63, 3.8) is 0 Å². The summed E-state index contributed by atoms with van der Waals surface area (Å²) >= 11 is 0. The van der Waals surface area contributed by atoms with E-state index in [1.165, 1.54) is 0 Å². The maximum atomic E-state index is 13.2. The number of nitrogens with zero attached hydrogens (tertiary/aromatic N) is 1. The molecule has 2 fully saturated rings. The van der Waals surface area contributed by atoms with Crippen molar-refractivity contribution in [2.24, 2.45) is 17.6 Å². The Morgan fingerprint density at radius 3 is 2.32 bits per heavy atom. The van der Waals surface area contributed by atoms with Crippen molar-refractivity contribution in [1.29, 1.82) is 0 Å². The first-order valence-electron chi connectivity index (χ1n) is 20.2. The van der Waals surface area contributed by atoms with Gasteiger partial charge in [0.25, 0.3) is 0 Å². The Morgan fingerprint density at radius 2 is 1.65 bits per heavy atom. The lowest BCUT2D eigenvalue weighted by molar-refractivity contribution is -0.310. The summed E-state index contributed by atoms with van der Waals surface area (Å²) in [6.45, 7) is 18.0. The van der Waals surface area contributed by atoms with E-state index in [1.54, 1.807) is 44.2 Å². The van der Waals surface area contributed by atoms with Crippen LogP contribution >= 0.6 is 0 Å². The van der Waals surface area contributed by atoms with Gasteiger partial charge in [0.1, 0.15) is 23.9 Å². The van der Waals surface area contributed by atoms with Crippen LogP contribution in [0.5, 0.6) is 0 Å². The van der Waals surface area contributed by atoms with Crippen LogP contribution in [-0.4, -0.2) is 114 Å². The molecule has 0 spiro atoms. The number of amides is 1. The van der Waals surface area contributed by atoms with Gasteiger partial charge in [-0.15, -0.1) is 0 Å². The smallest absolute Gasteiger partial charge is 0.247 e. The van der Waals surface area contributed by atoms with Crippen LogP contribution in [0.3, 0.4) is 0 Å². The average Bonchev–Trinajstić information content (AvgIpc) is 3.09. The van der Waals surface area contributed by atoms with Gasteiger partial charge in [-0.1, -0.05) is 123 Å². The monoisotopic (exact) mass is 794 g/mol. The minimum absolute atomic E-state index is 0.0458. The summed E-state index contributed by atoms with van der Waals surface area (Å²) < 4.78 is 24.6. The van der Waals surface area contributed by atoms with E-state index < -0.39 is 48.1 Å². The molecule has 0 bridgehead atoms. The van der Waals surface area contributed by atoms with E-state index in [9.17, 15) is 20.1 Å². The normalized spacial score (nSPS) is 42.1. The zero-order valence-corrected chi connectivity index (χ0v) is 36.1. The molecule has 3 rings (SSSR count). The number of ether oxygens (including phenoxy) is 4. The van der Waals surface area contributed by atoms with E-state index in [4.69, 9.17) is 24.7 Å². The summed E-state index contributed by atoms with van der Waals surface area (Å²) in [5, 5.41) is 37.3. The second-order valence-electron chi connectivity index (χ2n) is 17.0. The highest BCUT2D eigenvalue weighted by atomic mass is 16.7. The molecular weight excluding hydrogens is 723 g/mol. The number of aliphatic hydroxyl groups is 3. The van der Waals surface area contributed by atoms with Gasteiger partial charge < -0.3 is 50.2 Å². The first kappa shape index (κ1) is 48.1. The first-order valence-corrected chi connectivity index (χ1v) is 20.2. The number of aliphatic hydroxyl groups excluding tert-OH is 1. The number of hydrogen-bond acceptors (Lipinski definition) is 10. The second kappa shape index (κ2) is 22.2. The third-order valence-electron chi connectivity index (χ3n) is 10.2. The molecule has 57 heavy (non-hydrogen) atoms. The first-order chi connectivity index (χ1) is 26.7. The largest absolute Gasteiger partial charge is 0.388 e. The minimum Gasteiger partial charge on any atom is -0.388 e. The number of nitrogens with one attached hydrogen (secondary N) is 1. The summed E-state index contributed by atoms with van der Waals surface area (Å²) in [5.41, 5.74) is 7.63. The number of rotatable bonds is 7. The fraction of sp³-hybridized carbons (Fsp3) is 0.587. The van der Waals surface area contributed by atoms with E-state index in [0.29, 0.717) is 18.9 Å². The number of likely N-dealkylation sites (N-methyl/N-ethyl adjacent to an activating group) is 1. The van der Waals surface area contributed by atoms with Gasteiger partial charge in [0.15, 0.2) is 12.6 Å². The molecule has 6 N–H and O–H groups in total. The highest BCUT2D eigenvalue weighted by Gasteiger charge is 2.48. The Labute approximate surface area is 342 Å². The van der Waals surface area contributed by atoms with Gasteiger partial charge >= 0.3 is 0 Å². The molecule has 11 nitrogen and oxygen atoms in total. The highest BCUT2D eigenvalue weighted by molar-refractivity contribution is 5.93. The SMILES string of the molecule is CC1=C/C=C\C(C)=C/[C@H](C)CNC(=O)\C(CC(C)C)=C/C(C)=C\C=C\C=C\[C@@](C)(O)C(OC2OCC(OC3C[C@@](C)(O)C(N(C)C)C(C)O3)[C@H](O)C2N)/C=C/C=C\1. The quantitative estimate of drug-likeness (QED) is 0.216. The van der Waals surface area contributed by atoms with Crippen molar-refractivity contribution in [1.82, 2.24) is 10.2 Å². The van der Waals surface area contributed by atoms with E-state index in [2.05, 4.69) is 32.2 Å². The molecule has 0 aromatic rings. The standard InChI is InChI=1S/C46H71N3O8/c1-30(2)24-36-26-33(5)19-13-12-16-23-45(8,52)38(22-15-14-18-31(3)20-17-21-32(4)25-34(6)28-48-43(36)51)57-44-40(47)41(50)37(29-54-44)56-39-27-46(9,53)42(49(10)11)35(7)55-39/h12-23,25-26,30,34-35,37-42,44,50,52-53H,24,27-29,47H2,1-11H3,(H,48,51)/b13-12+,18-14-,21-17-,22-15+,23-16+,31-20-,32-25-,33-19-,36-26-/t34-,35?,37?,38?,39?,40?,41-,42?,44?,45+,46+/m0/s1. The van der Waals surface area contributed by atoms with Crippen molar-refractivity contribution in [3.05, 3.63) is 107 Å². The fourth-order valence-electron chi connectivity index (χ4n) is 7.46. The lowest BCUT2D eigenvalue weighted by Gasteiger charge is -2.48. The van der Waals surface area contributed by atoms with Crippen LogP contribution < -0.4 is 11.1 Å². The number of nitrogens with two attached hydrogens (primary N) is 1. The summed E-state index contributed by atoms with van der Waals surface area (Å²) in [5.74, 6) is 0.394. The number of allylic oxidation sites excluding steroid dienone is 14. The van der Waals surface area contributed by atoms with E-state index in [-0.39, 0.29) is 37.0 Å². The summed E-state index contributed by atoms with van der Waals surface area (Å²) in [4.78, 5) is 15.2. The summed E-state index contributed by atoms with van der Waals surface area (Å²) in [6, 6.07) is -1.26. The summed E-state index contributed by atoms with van der Waals surface area (Å²) in [7, 11) is 3.79. The molecule has 0 aliphatic carbocycles. The molecule has 0 aromatic heterocycles. The maximum absolute atomic E-state index is 13.2. The Bertz CT molecular complexity index is 1600. The van der Waals surface area contributed by atoms with Crippen LogP contribution in [0, 0.1) is 11.8 Å². The molecule has 3 heterocycles. The van der Waals surface area contributed by atoms with Gasteiger partial charge in [0.05, 0.1) is 30.4 Å². The third-order valence-corrected chi connectivity index (χ3v) is 10.2. The molecule has 318 valence electrons. The Morgan fingerprint density at radius 1 is 0.965 bits per heavy atom. The molecule has 0 saturated carbocycles. The Balaban J connectivity index is 1.86. The van der Waals surface area contributed by atoms with Crippen molar-refractivity contribution in [3.8, 4) is 0 Å². The van der Waals surface area contributed by atoms with Crippen LogP contribution in [0.2, 0.25) is 0 Å².